The fraction of sp³-hybridized carbons (Fsp3) is 0.616. The predicted octanol–water partition coefficient (Wildman–Crippen LogP) is 9.30. The molecule has 2 fully saturated rings. The molecule has 0 aliphatic carbocycles. The van der Waals surface area contributed by atoms with Crippen molar-refractivity contribution in [2.24, 2.45) is 0 Å². The molecule has 0 saturated carbocycles. The van der Waals surface area contributed by atoms with Gasteiger partial charge in [0.05, 0.1) is 101 Å². The van der Waals surface area contributed by atoms with E-state index in [9.17, 15) is 35.3 Å². The number of nitriles is 1. The van der Waals surface area contributed by atoms with Crippen molar-refractivity contribution in [3.63, 3.8) is 0 Å². The average Bonchev–Trinajstić information content (AvgIpc) is 0.699. The summed E-state index contributed by atoms with van der Waals surface area (Å²) in [5, 5.41) is 61.1. The van der Waals surface area contributed by atoms with E-state index in [-0.39, 0.29) is 78.1 Å². The number of benzene rings is 4. The second-order valence-electron chi connectivity index (χ2n) is 27.3. The first-order chi connectivity index (χ1) is 47.2. The van der Waals surface area contributed by atoms with Crippen LogP contribution in [0.3, 0.4) is 0 Å². The van der Waals surface area contributed by atoms with Gasteiger partial charge in [-0.25, -0.2) is 21.1 Å². The molecule has 0 aromatic heterocycles. The second-order valence-corrected chi connectivity index (χ2v) is 32.2. The molecule has 0 radical (unpaired) electrons. The largest absolute Gasteiger partial charge is 0.504 e. The maximum absolute atomic E-state index is 13.9. The first-order valence-corrected chi connectivity index (χ1v) is 36.7. The van der Waals surface area contributed by atoms with Crippen LogP contribution in [0.2, 0.25) is 17.6 Å². The van der Waals surface area contributed by atoms with Gasteiger partial charge >= 0.3 is 11.9 Å². The van der Waals surface area contributed by atoms with Crippen molar-refractivity contribution in [1.29, 1.82) is 5.26 Å². The number of nitrogens with one attached hydrogen (secondary N) is 1. The van der Waals surface area contributed by atoms with Crippen LogP contribution in [0.15, 0.2) is 0 Å². The van der Waals surface area contributed by atoms with E-state index in [4.69, 9.17) is 63.1 Å². The third kappa shape index (κ3) is 12.7. The number of phenols is 4. The van der Waals surface area contributed by atoms with Crippen LogP contribution < -0.4 is 43.2 Å². The lowest BCUT2D eigenvalue weighted by atomic mass is 9.71. The van der Waals surface area contributed by atoms with Crippen LogP contribution in [-0.4, -0.2) is 213 Å². The molecule has 4 unspecified atom stereocenters. The molecular weight excluding hydrogens is 1290 g/mol. The van der Waals surface area contributed by atoms with E-state index < -0.39 is 68.7 Å². The predicted molar refractivity (Wildman–Crippen MR) is 372 cm³/mol. The minimum Gasteiger partial charge on any atom is -0.504 e. The molecule has 11 atom stereocenters. The number of rotatable bonds is 21. The van der Waals surface area contributed by atoms with Gasteiger partial charge in [0.1, 0.15) is 47.2 Å². The van der Waals surface area contributed by atoms with Crippen molar-refractivity contribution in [2.45, 2.75) is 186 Å². The quantitative estimate of drug-likeness (QED) is 0.0295. The van der Waals surface area contributed by atoms with E-state index in [1.807, 2.05) is 32.8 Å². The Kier molecular flexibility index (Phi) is 23.4. The summed E-state index contributed by atoms with van der Waals surface area (Å²) < 4.78 is 70.4. The fourth-order valence-electron chi connectivity index (χ4n) is 17.1. The first-order valence-electron chi connectivity index (χ1n) is 34.1. The summed E-state index contributed by atoms with van der Waals surface area (Å²) in [6, 6.07) is -3.41. The number of hydrogen-bond acceptors (Lipinski definition) is 24. The summed E-state index contributed by atoms with van der Waals surface area (Å²) in [5.74, 6) is 1.61. The van der Waals surface area contributed by atoms with Crippen molar-refractivity contribution >= 4 is 20.3 Å². The summed E-state index contributed by atoms with van der Waals surface area (Å²) >= 11 is 0. The Morgan fingerprint density at radius 1 is 0.626 bits per heavy atom. The number of methoxy groups -OCH3 is 8. The zero-order chi connectivity index (χ0) is 72.7. The molecule has 2 saturated heterocycles. The van der Waals surface area contributed by atoms with Gasteiger partial charge < -0.3 is 77.0 Å². The summed E-state index contributed by atoms with van der Waals surface area (Å²) in [5.41, 5.74) is 8.14. The molecule has 25 nitrogen and oxygen atoms in total. The van der Waals surface area contributed by atoms with Gasteiger partial charge in [-0.2, -0.15) is 5.26 Å². The highest BCUT2D eigenvalue weighted by atomic mass is 28.4. The second kappa shape index (κ2) is 30.7. The Hall–Kier alpha value is -7.66. The van der Waals surface area contributed by atoms with E-state index in [0.717, 1.165) is 17.5 Å². The highest BCUT2D eigenvalue weighted by Gasteiger charge is 2.59. The van der Waals surface area contributed by atoms with Crippen LogP contribution in [-0.2, 0) is 53.9 Å². The molecule has 6 aliphatic rings. The zero-order valence-corrected chi connectivity index (χ0v) is 62.5. The maximum atomic E-state index is 13.9. The van der Waals surface area contributed by atoms with E-state index in [2.05, 4.69) is 65.2 Å². The molecule has 6 heterocycles. The van der Waals surface area contributed by atoms with E-state index in [0.29, 0.717) is 141 Å². The van der Waals surface area contributed by atoms with Crippen molar-refractivity contribution in [2.75, 3.05) is 110 Å². The Bertz CT molecular complexity index is 3770. The fourth-order valence-corrected chi connectivity index (χ4v) is 19.7. The van der Waals surface area contributed by atoms with Gasteiger partial charge in [-0.1, -0.05) is 27.7 Å². The average molecular weight is 1390 g/mol. The van der Waals surface area contributed by atoms with Gasteiger partial charge in [0.15, 0.2) is 54.3 Å². The Labute approximate surface area is 583 Å². The first kappa shape index (κ1) is 75.5. The standard InChI is InChI=1S/C43H66N4O10Si.C30H37N3O8/c1-15-55-43(50)34-32-28(38(51-10)25(6)40(53-12)36(32)48)20-30(45-34)35-33-29(39(52-11)26(7)41(54-13)37(33)49)21-31(46(35)9)42(44-8)47-17-19-56-27(22-47)16-18-57-58(14,23(2)3)24(4)5;1-9-41-30(36)23-21-16(27(38-6)14(3)29(40-8)25(21)35)11-18-22-20-15(10-17(32(22)4)19(12-31)33(18)23)26(37-5)13(2)28(39-7)24(20)34/h23-24,27,30-31,34-35,42,45,48-49H,15-22H2,1-7,9-14H3;17-19,22-23,34-35H,9-11H2,1-8H3/t27-,30?,31?,34+,35?,42-;17-,18-,19-,22-,23?/m00/s1. The zero-order valence-electron chi connectivity index (χ0n) is 61.5. The third-order valence-electron chi connectivity index (χ3n) is 22.2. The van der Waals surface area contributed by atoms with Crippen molar-refractivity contribution in [3.05, 3.63) is 78.2 Å². The molecule has 99 heavy (non-hydrogen) atoms. The molecule has 542 valence electrons. The van der Waals surface area contributed by atoms with Gasteiger partial charge in [0, 0.05) is 111 Å². The number of phenolic OH excluding ortho intramolecular Hbond substituents is 4. The summed E-state index contributed by atoms with van der Waals surface area (Å²) in [4.78, 5) is 40.3. The van der Waals surface area contributed by atoms with E-state index >= 15 is 0 Å². The molecule has 4 aromatic rings. The topological polar surface area (TPSA) is 279 Å². The monoisotopic (exact) mass is 1390 g/mol. The number of carbonyl (C=O) groups excluding carboxylic acids is 2. The molecule has 2 bridgehead atoms. The van der Waals surface area contributed by atoms with Crippen molar-refractivity contribution in [3.8, 4) is 75.1 Å². The van der Waals surface area contributed by atoms with Crippen LogP contribution >= 0.6 is 0 Å². The number of morpholine rings is 1. The minimum absolute atomic E-state index is 0.00524. The number of likely N-dealkylation sites (N-methyl/N-ethyl adjacent to an activating group) is 2. The smallest absolute Gasteiger partial charge is 0.328 e. The summed E-state index contributed by atoms with van der Waals surface area (Å²) in [6.45, 7) is 33.2. The normalized spacial score (nSPS) is 23.8. The third-order valence-corrected chi connectivity index (χ3v) is 27.6. The molecule has 4 aromatic carbocycles. The van der Waals surface area contributed by atoms with Gasteiger partial charge in [0.25, 0.3) is 6.17 Å². The van der Waals surface area contributed by atoms with Gasteiger partial charge in [-0.15, -0.1) is 0 Å². The van der Waals surface area contributed by atoms with Crippen LogP contribution in [0.4, 0.5) is 0 Å². The molecular formula is C73H103N7O18Si. The maximum Gasteiger partial charge on any atom is 0.328 e. The van der Waals surface area contributed by atoms with Crippen molar-refractivity contribution < 1.29 is 86.5 Å². The van der Waals surface area contributed by atoms with Crippen LogP contribution in [0.5, 0.6) is 69.0 Å². The number of piperazine rings is 1. The molecule has 26 heteroatoms. The highest BCUT2D eigenvalue weighted by Crippen LogP contribution is 2.60. The number of ether oxygens (including phenoxy) is 11. The summed E-state index contributed by atoms with van der Waals surface area (Å²) in [7, 11) is 14.1. The van der Waals surface area contributed by atoms with Crippen LogP contribution in [0.1, 0.15) is 139 Å². The number of esters is 2. The molecule has 6 aliphatic heterocycles. The number of fused-ring (bicyclic) bond motifs is 9. The number of carbonyl (C=O) groups is 2. The van der Waals surface area contributed by atoms with Crippen molar-refractivity contribution in [1.82, 2.24) is 24.9 Å². The Morgan fingerprint density at radius 3 is 1.53 bits per heavy atom. The van der Waals surface area contributed by atoms with Crippen LogP contribution in [0, 0.1) is 45.6 Å². The molecule has 0 amide bonds. The molecule has 0 spiro atoms. The number of aromatic hydroxyl groups is 4. The van der Waals surface area contributed by atoms with Gasteiger partial charge in [-0.3, -0.25) is 24.9 Å². The molecule has 5 N–H and O–H groups in total. The lowest BCUT2D eigenvalue weighted by Crippen LogP contribution is -2.68. The lowest BCUT2D eigenvalue weighted by molar-refractivity contribution is -0.159. The van der Waals surface area contributed by atoms with E-state index in [1.54, 1.807) is 49.0 Å². The number of nitrogens with zero attached hydrogens (tertiary/aromatic N) is 6. The highest BCUT2D eigenvalue weighted by molar-refractivity contribution is 6.75. The lowest BCUT2D eigenvalue weighted by Gasteiger charge is -2.59. The Morgan fingerprint density at radius 2 is 1.06 bits per heavy atom. The minimum atomic E-state index is -1.94. The van der Waals surface area contributed by atoms with Gasteiger partial charge in [0.2, 0.25) is 0 Å². The number of hydrogen-bond donors (Lipinski definition) is 5. The Balaban J connectivity index is 0.000000245. The van der Waals surface area contributed by atoms with Gasteiger partial charge in [-0.05, 0) is 99.0 Å². The van der Waals surface area contributed by atoms with E-state index in [1.165, 1.54) is 35.5 Å². The SMILES string of the molecule is CCOC(=O)C1c2c(O)c(OC)c(C)c(OC)c2C[C@H]2[C@H]3c4c(O)c(OC)c(C)c(OC)c4C[C@@H]([C@H](C#N)N12)N3C.[C-]#[N+][C@H](C1Cc2c(OC)c(C)c(OC)c(O)c2C(C2Cc3c(OC)c(C)c(OC)c(O)c3[C@H](C(=O)OCC)N2)N1C)N1CCO[C@@H](CCO[Si](C)(C(C)C)C(C)C)C1. The summed E-state index contributed by atoms with van der Waals surface area (Å²) in [6.07, 6.45) is 1.43. The molecule has 10 rings (SSSR count). The van der Waals surface area contributed by atoms with Crippen LogP contribution in [0.25, 0.3) is 4.85 Å².